The highest BCUT2D eigenvalue weighted by atomic mass is 79.9. The fraction of sp³-hybridized carbons (Fsp3) is 0.538. The van der Waals surface area contributed by atoms with Crippen LogP contribution in [0.2, 0.25) is 0 Å². The van der Waals surface area contributed by atoms with Crippen LogP contribution in [-0.2, 0) is 10.0 Å². The van der Waals surface area contributed by atoms with Gasteiger partial charge in [0.1, 0.15) is 5.82 Å². The van der Waals surface area contributed by atoms with Crippen molar-refractivity contribution >= 4 is 26.0 Å². The van der Waals surface area contributed by atoms with Gasteiger partial charge in [-0.3, -0.25) is 0 Å². The molecule has 1 aliphatic carbocycles. The van der Waals surface area contributed by atoms with Gasteiger partial charge in [0, 0.05) is 23.0 Å². The molecule has 0 unspecified atom stereocenters. The lowest BCUT2D eigenvalue weighted by Gasteiger charge is -2.26. The third-order valence-corrected chi connectivity index (χ3v) is 6.20. The molecule has 0 atom stereocenters. The zero-order chi connectivity index (χ0) is 14.8. The Labute approximate surface area is 126 Å². The molecule has 0 saturated heterocycles. The van der Waals surface area contributed by atoms with Gasteiger partial charge in [0.25, 0.3) is 0 Å². The van der Waals surface area contributed by atoms with E-state index in [1.807, 2.05) is 0 Å². The first-order valence-corrected chi connectivity index (χ1v) is 8.72. The Balaban J connectivity index is 2.15. The van der Waals surface area contributed by atoms with E-state index < -0.39 is 15.8 Å². The van der Waals surface area contributed by atoms with Crippen molar-refractivity contribution in [3.05, 3.63) is 28.5 Å². The lowest BCUT2D eigenvalue weighted by molar-refractivity contribution is 0.134. The molecule has 1 fully saturated rings. The number of sulfonamides is 1. The summed E-state index contributed by atoms with van der Waals surface area (Å²) in [5.41, 5.74) is -0.362. The van der Waals surface area contributed by atoms with Crippen LogP contribution in [0, 0.1) is 11.2 Å². The number of hydrogen-bond acceptors (Lipinski definition) is 3. The minimum atomic E-state index is -3.72. The molecule has 0 heterocycles. The summed E-state index contributed by atoms with van der Waals surface area (Å²) in [6.45, 7) is 0.176. The summed E-state index contributed by atoms with van der Waals surface area (Å²) in [5.74, 6) is -0.501. The predicted molar refractivity (Wildman–Crippen MR) is 77.3 cm³/mol. The van der Waals surface area contributed by atoms with Gasteiger partial charge in [-0.1, -0.05) is 12.8 Å². The van der Waals surface area contributed by atoms with E-state index in [1.165, 1.54) is 6.07 Å². The van der Waals surface area contributed by atoms with Crippen molar-refractivity contribution in [1.82, 2.24) is 4.72 Å². The average Bonchev–Trinajstić information content (AvgIpc) is 2.85. The summed E-state index contributed by atoms with van der Waals surface area (Å²) in [4.78, 5) is 0.00462. The highest BCUT2D eigenvalue weighted by Gasteiger charge is 2.34. The third kappa shape index (κ3) is 3.39. The normalized spacial score (nSPS) is 18.4. The molecule has 1 aromatic rings. The van der Waals surface area contributed by atoms with Crippen LogP contribution in [0.4, 0.5) is 4.39 Å². The Morgan fingerprint density at radius 1 is 1.35 bits per heavy atom. The number of aliphatic hydroxyl groups excluding tert-OH is 1. The van der Waals surface area contributed by atoms with Crippen LogP contribution >= 0.6 is 15.9 Å². The van der Waals surface area contributed by atoms with E-state index in [2.05, 4.69) is 20.7 Å². The van der Waals surface area contributed by atoms with Crippen molar-refractivity contribution in [2.45, 2.75) is 30.6 Å². The number of halogens is 2. The Kier molecular flexibility index (Phi) is 4.84. The molecule has 2 N–H and O–H groups in total. The van der Waals surface area contributed by atoms with E-state index in [9.17, 15) is 17.9 Å². The Morgan fingerprint density at radius 3 is 2.55 bits per heavy atom. The van der Waals surface area contributed by atoms with Gasteiger partial charge in [-0.15, -0.1) is 0 Å². The van der Waals surface area contributed by atoms with E-state index in [-0.39, 0.29) is 27.9 Å². The molecule has 0 amide bonds. The van der Waals surface area contributed by atoms with Crippen molar-refractivity contribution in [3.63, 3.8) is 0 Å². The summed E-state index contributed by atoms with van der Waals surface area (Å²) in [6, 6.07) is 3.45. The van der Waals surface area contributed by atoms with Crippen LogP contribution in [0.25, 0.3) is 0 Å². The quantitative estimate of drug-likeness (QED) is 0.841. The highest BCUT2D eigenvalue weighted by molar-refractivity contribution is 9.10. The molecule has 7 heteroatoms. The monoisotopic (exact) mass is 365 g/mol. The van der Waals surface area contributed by atoms with E-state index in [1.54, 1.807) is 0 Å². The third-order valence-electron chi connectivity index (χ3n) is 3.82. The molecule has 0 spiro atoms. The molecular formula is C13H17BrFNO3S. The second-order valence-electron chi connectivity index (χ2n) is 5.26. The SMILES string of the molecule is O=S(=O)(NCC1(CO)CCCC1)c1ccc(F)cc1Br. The first-order chi connectivity index (χ1) is 9.38. The van der Waals surface area contributed by atoms with Crippen molar-refractivity contribution in [2.75, 3.05) is 13.2 Å². The number of nitrogens with one attached hydrogen (secondary N) is 1. The topological polar surface area (TPSA) is 66.4 Å². The number of hydrogen-bond donors (Lipinski definition) is 2. The van der Waals surface area contributed by atoms with Gasteiger partial charge in [0.05, 0.1) is 4.90 Å². The maximum absolute atomic E-state index is 13.0. The molecule has 0 radical (unpaired) electrons. The Bertz CT molecular complexity index is 585. The lowest BCUT2D eigenvalue weighted by atomic mass is 9.88. The lowest BCUT2D eigenvalue weighted by Crippen LogP contribution is -2.38. The van der Waals surface area contributed by atoms with Crippen LogP contribution in [0.1, 0.15) is 25.7 Å². The maximum atomic E-state index is 13.0. The summed E-state index contributed by atoms with van der Waals surface area (Å²) in [6.07, 6.45) is 3.64. The molecule has 112 valence electrons. The van der Waals surface area contributed by atoms with E-state index >= 15 is 0 Å². The number of benzene rings is 1. The van der Waals surface area contributed by atoms with Gasteiger partial charge in [0.2, 0.25) is 10.0 Å². The van der Waals surface area contributed by atoms with Gasteiger partial charge in [-0.2, -0.15) is 0 Å². The molecular weight excluding hydrogens is 349 g/mol. The van der Waals surface area contributed by atoms with Crippen LogP contribution < -0.4 is 4.72 Å². The zero-order valence-corrected chi connectivity index (χ0v) is 13.3. The van der Waals surface area contributed by atoms with Crippen LogP contribution in [0.3, 0.4) is 0 Å². The number of aliphatic hydroxyl groups is 1. The molecule has 20 heavy (non-hydrogen) atoms. The molecule has 1 aliphatic rings. The fourth-order valence-corrected chi connectivity index (χ4v) is 4.74. The predicted octanol–water partition coefficient (Wildman–Crippen LogP) is 2.42. The molecule has 4 nitrogen and oxygen atoms in total. The molecule has 0 aliphatic heterocycles. The molecule has 1 saturated carbocycles. The first-order valence-electron chi connectivity index (χ1n) is 6.44. The summed E-state index contributed by atoms with van der Waals surface area (Å²) in [5, 5.41) is 9.48. The molecule has 0 bridgehead atoms. The smallest absolute Gasteiger partial charge is 0.241 e. The maximum Gasteiger partial charge on any atom is 0.241 e. The largest absolute Gasteiger partial charge is 0.396 e. The van der Waals surface area contributed by atoms with Gasteiger partial charge < -0.3 is 5.11 Å². The van der Waals surface area contributed by atoms with E-state index in [4.69, 9.17) is 0 Å². The minimum Gasteiger partial charge on any atom is -0.396 e. The molecule has 1 aromatic carbocycles. The van der Waals surface area contributed by atoms with Crippen molar-refractivity contribution in [2.24, 2.45) is 5.41 Å². The highest BCUT2D eigenvalue weighted by Crippen LogP contribution is 2.37. The van der Waals surface area contributed by atoms with Crippen LogP contribution in [0.15, 0.2) is 27.6 Å². The fourth-order valence-electron chi connectivity index (χ4n) is 2.53. The average molecular weight is 366 g/mol. The molecule has 2 rings (SSSR count). The summed E-state index contributed by atoms with van der Waals surface area (Å²) < 4.78 is 40.2. The Hall–Kier alpha value is -0.500. The van der Waals surface area contributed by atoms with Gasteiger partial charge >= 0.3 is 0 Å². The summed E-state index contributed by atoms with van der Waals surface area (Å²) >= 11 is 3.06. The van der Waals surface area contributed by atoms with E-state index in [0.717, 1.165) is 37.8 Å². The van der Waals surface area contributed by atoms with Crippen LogP contribution in [-0.4, -0.2) is 26.7 Å². The van der Waals surface area contributed by atoms with Crippen LogP contribution in [0.5, 0.6) is 0 Å². The second kappa shape index (κ2) is 6.09. The van der Waals surface area contributed by atoms with Gasteiger partial charge in [-0.25, -0.2) is 17.5 Å². The first kappa shape index (κ1) is 15.9. The Morgan fingerprint density at radius 2 is 2.00 bits per heavy atom. The molecule has 0 aromatic heterocycles. The zero-order valence-electron chi connectivity index (χ0n) is 10.9. The van der Waals surface area contributed by atoms with E-state index in [0.29, 0.717) is 0 Å². The summed E-state index contributed by atoms with van der Waals surface area (Å²) in [7, 11) is -3.72. The standard InChI is InChI=1S/C13H17BrFNO3S/c14-11-7-10(15)3-4-12(11)20(18,19)16-8-13(9-17)5-1-2-6-13/h3-4,7,16-17H,1-2,5-6,8-9H2. The van der Waals surface area contributed by atoms with Gasteiger partial charge in [0.15, 0.2) is 0 Å². The van der Waals surface area contributed by atoms with Crippen molar-refractivity contribution in [3.8, 4) is 0 Å². The van der Waals surface area contributed by atoms with Crippen molar-refractivity contribution in [1.29, 1.82) is 0 Å². The minimum absolute atomic E-state index is 0.00462. The van der Waals surface area contributed by atoms with Crippen molar-refractivity contribution < 1.29 is 17.9 Å². The number of rotatable bonds is 5. The second-order valence-corrected chi connectivity index (χ2v) is 7.85. The van der Waals surface area contributed by atoms with Gasteiger partial charge in [-0.05, 0) is 47.0 Å².